The second-order valence-electron chi connectivity index (χ2n) is 11.8. The highest BCUT2D eigenvalue weighted by atomic mass is 28.4. The van der Waals surface area contributed by atoms with Crippen molar-refractivity contribution in [3.63, 3.8) is 0 Å². The van der Waals surface area contributed by atoms with Gasteiger partial charge in [0.15, 0.2) is 8.32 Å². The Hall–Kier alpha value is -1.21. The van der Waals surface area contributed by atoms with Crippen molar-refractivity contribution in [1.82, 2.24) is 0 Å². The molecule has 0 fully saturated rings. The Bertz CT molecular complexity index is 765. The molecule has 0 spiro atoms. The fraction of sp³-hybridized carbons (Fsp3) is 0.571. The van der Waals surface area contributed by atoms with Crippen molar-refractivity contribution in [3.05, 3.63) is 60.7 Å². The van der Waals surface area contributed by atoms with Crippen LogP contribution in [0.1, 0.15) is 61.3 Å². The van der Waals surface area contributed by atoms with Crippen molar-refractivity contribution in [3.8, 4) is 0 Å². The fourth-order valence-electron chi connectivity index (χ4n) is 4.07. The van der Waals surface area contributed by atoms with Crippen LogP contribution in [0.15, 0.2) is 60.7 Å². The van der Waals surface area contributed by atoms with Crippen LogP contribution in [0.4, 0.5) is 0 Å². The average Bonchev–Trinajstić information content (AvgIpc) is 2.72. The van der Waals surface area contributed by atoms with Crippen LogP contribution in [0.5, 0.6) is 0 Å². The predicted molar refractivity (Wildman–Crippen MR) is 145 cm³/mol. The van der Waals surface area contributed by atoms with Crippen molar-refractivity contribution in [2.75, 3.05) is 13.2 Å². The first-order valence-corrected chi connectivity index (χ1v) is 17.0. The molecule has 0 aliphatic carbocycles. The molecule has 0 saturated carbocycles. The standard InChI is InChI=1S/C28H46O2Si2/c1-24(23-30-31(8,9)27(2,3)4)17-16-22-29-32(28(5,6)7,25-18-12-10-13-19-25)26-20-14-11-15-21-26/h10-15,18-21,24H,16-17,22-23H2,1-9H3/t24-/m0/s1. The van der Waals surface area contributed by atoms with E-state index in [1.165, 1.54) is 10.4 Å². The molecule has 0 heterocycles. The van der Waals surface area contributed by atoms with Crippen LogP contribution < -0.4 is 10.4 Å². The minimum absolute atomic E-state index is 0.0345. The van der Waals surface area contributed by atoms with Crippen LogP contribution in [0, 0.1) is 5.92 Å². The smallest absolute Gasteiger partial charge is 0.261 e. The normalized spacial score (nSPS) is 14.4. The summed E-state index contributed by atoms with van der Waals surface area (Å²) in [4.78, 5) is 0. The van der Waals surface area contributed by atoms with E-state index >= 15 is 0 Å². The van der Waals surface area contributed by atoms with Crippen molar-refractivity contribution in [2.24, 2.45) is 5.92 Å². The molecule has 2 aromatic carbocycles. The van der Waals surface area contributed by atoms with Gasteiger partial charge in [0.25, 0.3) is 8.32 Å². The molecule has 0 aliphatic rings. The first-order chi connectivity index (χ1) is 14.8. The first-order valence-electron chi connectivity index (χ1n) is 12.2. The Kier molecular flexibility index (Phi) is 9.14. The van der Waals surface area contributed by atoms with E-state index in [-0.39, 0.29) is 10.1 Å². The van der Waals surface area contributed by atoms with Crippen LogP contribution in [0.25, 0.3) is 0 Å². The predicted octanol–water partition coefficient (Wildman–Crippen LogP) is 7.00. The lowest BCUT2D eigenvalue weighted by Gasteiger charge is -2.43. The number of hydrogen-bond acceptors (Lipinski definition) is 2. The van der Waals surface area contributed by atoms with Gasteiger partial charge < -0.3 is 8.85 Å². The van der Waals surface area contributed by atoms with Gasteiger partial charge in [-0.1, -0.05) is 109 Å². The summed E-state index contributed by atoms with van der Waals surface area (Å²) in [5.41, 5.74) is 0. The Morgan fingerprint density at radius 1 is 0.719 bits per heavy atom. The second kappa shape index (κ2) is 10.8. The molecule has 0 aliphatic heterocycles. The third-order valence-corrected chi connectivity index (χ3v) is 16.7. The Balaban J connectivity index is 2.11. The quantitative estimate of drug-likeness (QED) is 0.275. The second-order valence-corrected chi connectivity index (χ2v) is 20.9. The molecule has 0 amide bonds. The third-order valence-electron chi connectivity index (χ3n) is 7.11. The number of hydrogen-bond donors (Lipinski definition) is 0. The lowest BCUT2D eigenvalue weighted by Crippen LogP contribution is -2.66. The zero-order chi connectivity index (χ0) is 24.0. The summed E-state index contributed by atoms with van der Waals surface area (Å²) >= 11 is 0. The van der Waals surface area contributed by atoms with Crippen LogP contribution in [-0.4, -0.2) is 29.8 Å². The van der Waals surface area contributed by atoms with Gasteiger partial charge in [0.2, 0.25) is 0 Å². The van der Waals surface area contributed by atoms with Crippen molar-refractivity contribution in [1.29, 1.82) is 0 Å². The summed E-state index contributed by atoms with van der Waals surface area (Å²) in [6.07, 6.45) is 2.19. The average molecular weight is 471 g/mol. The van der Waals surface area contributed by atoms with E-state index in [1.54, 1.807) is 0 Å². The van der Waals surface area contributed by atoms with E-state index < -0.39 is 16.6 Å². The molecule has 2 nitrogen and oxygen atoms in total. The monoisotopic (exact) mass is 470 g/mol. The van der Waals surface area contributed by atoms with Gasteiger partial charge in [-0.2, -0.15) is 0 Å². The molecule has 0 N–H and O–H groups in total. The van der Waals surface area contributed by atoms with E-state index in [1.807, 2.05) is 0 Å². The van der Waals surface area contributed by atoms with Gasteiger partial charge in [0.05, 0.1) is 0 Å². The van der Waals surface area contributed by atoms with Crippen LogP contribution in [0.2, 0.25) is 23.2 Å². The van der Waals surface area contributed by atoms with E-state index in [0.717, 1.165) is 26.1 Å². The maximum absolute atomic E-state index is 7.02. The fourth-order valence-corrected chi connectivity index (χ4v) is 9.81. The molecule has 1 atom stereocenters. The van der Waals surface area contributed by atoms with E-state index in [4.69, 9.17) is 8.85 Å². The molecular formula is C28H46O2Si2. The van der Waals surface area contributed by atoms with Crippen molar-refractivity contribution >= 4 is 27.0 Å². The number of benzene rings is 2. The van der Waals surface area contributed by atoms with Gasteiger partial charge in [-0.25, -0.2) is 0 Å². The summed E-state index contributed by atoms with van der Waals surface area (Å²) in [5, 5.41) is 3.01. The topological polar surface area (TPSA) is 18.5 Å². The van der Waals surface area contributed by atoms with E-state index in [2.05, 4.69) is 122 Å². The Morgan fingerprint density at radius 3 is 1.59 bits per heavy atom. The molecule has 0 radical (unpaired) electrons. The molecule has 0 saturated heterocycles. The molecule has 0 unspecified atom stereocenters. The van der Waals surface area contributed by atoms with Gasteiger partial charge in [0.1, 0.15) is 0 Å². The zero-order valence-electron chi connectivity index (χ0n) is 22.0. The van der Waals surface area contributed by atoms with Gasteiger partial charge in [-0.3, -0.25) is 0 Å². The highest BCUT2D eigenvalue weighted by Gasteiger charge is 2.50. The lowest BCUT2D eigenvalue weighted by molar-refractivity contribution is 0.215. The van der Waals surface area contributed by atoms with Crippen molar-refractivity contribution in [2.45, 2.75) is 84.5 Å². The minimum Gasteiger partial charge on any atom is -0.417 e. The maximum Gasteiger partial charge on any atom is 0.261 e. The maximum atomic E-state index is 7.02. The van der Waals surface area contributed by atoms with E-state index in [0.29, 0.717) is 5.92 Å². The summed E-state index contributed by atoms with van der Waals surface area (Å²) < 4.78 is 13.5. The molecule has 0 aromatic heterocycles. The lowest BCUT2D eigenvalue weighted by atomic mass is 10.1. The molecule has 178 valence electrons. The summed E-state index contributed by atoms with van der Waals surface area (Å²) in [6.45, 7) is 22.6. The summed E-state index contributed by atoms with van der Waals surface area (Å²) in [5.74, 6) is 0.548. The Morgan fingerprint density at radius 2 is 1.19 bits per heavy atom. The molecule has 4 heteroatoms. The van der Waals surface area contributed by atoms with Crippen LogP contribution >= 0.6 is 0 Å². The van der Waals surface area contributed by atoms with Crippen LogP contribution in [-0.2, 0) is 8.85 Å². The molecular weight excluding hydrogens is 424 g/mol. The van der Waals surface area contributed by atoms with Crippen LogP contribution in [0.3, 0.4) is 0 Å². The molecule has 0 bridgehead atoms. The molecule has 2 rings (SSSR count). The first kappa shape index (κ1) is 27.0. The van der Waals surface area contributed by atoms with Crippen molar-refractivity contribution < 1.29 is 8.85 Å². The largest absolute Gasteiger partial charge is 0.417 e. The third kappa shape index (κ3) is 6.43. The van der Waals surface area contributed by atoms with Gasteiger partial charge in [-0.05, 0) is 52.3 Å². The SMILES string of the molecule is C[C@@H](CCCO[Si](c1ccccc1)(c1ccccc1)C(C)(C)C)CO[Si](C)(C)C(C)(C)C. The van der Waals surface area contributed by atoms with E-state index in [9.17, 15) is 0 Å². The molecule has 32 heavy (non-hydrogen) atoms. The van der Waals surface area contributed by atoms with Gasteiger partial charge >= 0.3 is 0 Å². The summed E-state index contributed by atoms with van der Waals surface area (Å²) in [7, 11) is -4.10. The van der Waals surface area contributed by atoms with Gasteiger partial charge in [0, 0.05) is 13.2 Å². The highest BCUT2D eigenvalue weighted by Crippen LogP contribution is 2.38. The minimum atomic E-state index is -2.42. The molecule has 2 aromatic rings. The van der Waals surface area contributed by atoms with Gasteiger partial charge in [-0.15, -0.1) is 0 Å². The highest BCUT2D eigenvalue weighted by molar-refractivity contribution is 6.99. The summed E-state index contributed by atoms with van der Waals surface area (Å²) in [6, 6.07) is 21.8. The number of rotatable bonds is 10. The Labute approximate surface area is 200 Å². The zero-order valence-corrected chi connectivity index (χ0v) is 24.0.